The standard InChI is InChI=1S/C10H16ClN3/c1-6(2)9-8(11)10(14-13-9)7-3-4-12-5-7/h6-7,12H,3-5H2,1-2H3,(H,13,14). The summed E-state index contributed by atoms with van der Waals surface area (Å²) in [6.07, 6.45) is 1.15. The molecule has 1 aliphatic rings. The van der Waals surface area contributed by atoms with Gasteiger partial charge in [-0.15, -0.1) is 0 Å². The van der Waals surface area contributed by atoms with Crippen LogP contribution in [0.1, 0.15) is 43.5 Å². The summed E-state index contributed by atoms with van der Waals surface area (Å²) >= 11 is 6.28. The molecule has 14 heavy (non-hydrogen) atoms. The van der Waals surface area contributed by atoms with Gasteiger partial charge in [0.05, 0.1) is 16.4 Å². The van der Waals surface area contributed by atoms with Gasteiger partial charge in [-0.25, -0.2) is 0 Å². The molecule has 1 unspecified atom stereocenters. The minimum Gasteiger partial charge on any atom is -0.316 e. The molecule has 0 saturated carbocycles. The summed E-state index contributed by atoms with van der Waals surface area (Å²) in [6, 6.07) is 0. The Labute approximate surface area is 89.2 Å². The molecule has 0 aromatic carbocycles. The smallest absolute Gasteiger partial charge is 0.0853 e. The van der Waals surface area contributed by atoms with Crippen LogP contribution in [0.2, 0.25) is 5.02 Å². The summed E-state index contributed by atoms with van der Waals surface area (Å²) < 4.78 is 0. The molecule has 1 aromatic rings. The maximum absolute atomic E-state index is 6.28. The van der Waals surface area contributed by atoms with Gasteiger partial charge in [0.2, 0.25) is 0 Å². The molecule has 1 aliphatic heterocycles. The van der Waals surface area contributed by atoms with E-state index in [0.717, 1.165) is 35.9 Å². The van der Waals surface area contributed by atoms with Gasteiger partial charge in [0.15, 0.2) is 0 Å². The first-order chi connectivity index (χ1) is 6.70. The van der Waals surface area contributed by atoms with E-state index in [1.807, 2.05) is 0 Å². The highest BCUT2D eigenvalue weighted by Gasteiger charge is 2.23. The third-order valence-corrected chi connectivity index (χ3v) is 3.17. The predicted molar refractivity (Wildman–Crippen MR) is 57.9 cm³/mol. The number of nitrogens with zero attached hydrogens (tertiary/aromatic N) is 1. The number of aromatic nitrogens is 2. The molecule has 1 saturated heterocycles. The van der Waals surface area contributed by atoms with Crippen molar-refractivity contribution in [3.8, 4) is 0 Å². The van der Waals surface area contributed by atoms with Crippen molar-refractivity contribution in [1.29, 1.82) is 0 Å². The van der Waals surface area contributed by atoms with E-state index in [-0.39, 0.29) is 0 Å². The molecule has 0 amide bonds. The molecule has 0 aliphatic carbocycles. The Morgan fingerprint density at radius 3 is 2.79 bits per heavy atom. The molecule has 2 rings (SSSR count). The predicted octanol–water partition coefficient (Wildman–Crippen LogP) is 2.26. The zero-order chi connectivity index (χ0) is 10.1. The van der Waals surface area contributed by atoms with E-state index in [0.29, 0.717) is 11.8 Å². The van der Waals surface area contributed by atoms with Crippen molar-refractivity contribution >= 4 is 11.6 Å². The van der Waals surface area contributed by atoms with E-state index in [2.05, 4.69) is 29.4 Å². The highest BCUT2D eigenvalue weighted by Crippen LogP contribution is 2.32. The Hall–Kier alpha value is -0.540. The zero-order valence-corrected chi connectivity index (χ0v) is 9.36. The lowest BCUT2D eigenvalue weighted by Crippen LogP contribution is -2.08. The van der Waals surface area contributed by atoms with E-state index in [1.165, 1.54) is 0 Å². The fourth-order valence-corrected chi connectivity index (χ4v) is 2.37. The fraction of sp³-hybridized carbons (Fsp3) is 0.700. The third-order valence-electron chi connectivity index (χ3n) is 2.77. The summed E-state index contributed by atoms with van der Waals surface area (Å²) in [5.74, 6) is 0.907. The maximum atomic E-state index is 6.28. The molecule has 2 N–H and O–H groups in total. The molecule has 1 fully saturated rings. The molecule has 0 radical (unpaired) electrons. The van der Waals surface area contributed by atoms with Crippen LogP contribution >= 0.6 is 11.6 Å². The Morgan fingerprint density at radius 1 is 1.50 bits per heavy atom. The summed E-state index contributed by atoms with van der Waals surface area (Å²) in [6.45, 7) is 6.31. The average molecular weight is 214 g/mol. The first-order valence-electron chi connectivity index (χ1n) is 5.14. The van der Waals surface area contributed by atoms with Gasteiger partial charge in [-0.05, 0) is 18.9 Å². The van der Waals surface area contributed by atoms with Gasteiger partial charge >= 0.3 is 0 Å². The SMILES string of the molecule is CC(C)c1n[nH]c(C2CCNC2)c1Cl. The van der Waals surface area contributed by atoms with E-state index in [1.54, 1.807) is 0 Å². The normalized spacial score (nSPS) is 22.1. The van der Waals surface area contributed by atoms with Crippen LogP contribution in [0.5, 0.6) is 0 Å². The van der Waals surface area contributed by atoms with Crippen LogP contribution in [0.25, 0.3) is 0 Å². The second-order valence-electron chi connectivity index (χ2n) is 4.18. The quantitative estimate of drug-likeness (QED) is 0.792. The van der Waals surface area contributed by atoms with Crippen molar-refractivity contribution in [2.45, 2.75) is 32.1 Å². The molecule has 2 heterocycles. The van der Waals surface area contributed by atoms with Crippen molar-refractivity contribution in [2.75, 3.05) is 13.1 Å². The Kier molecular flexibility index (Phi) is 2.79. The van der Waals surface area contributed by atoms with E-state index >= 15 is 0 Å². The minimum atomic E-state index is 0.391. The van der Waals surface area contributed by atoms with E-state index in [4.69, 9.17) is 11.6 Å². The van der Waals surface area contributed by atoms with Crippen molar-refractivity contribution in [3.63, 3.8) is 0 Å². The van der Waals surface area contributed by atoms with Gasteiger partial charge in [-0.3, -0.25) is 5.10 Å². The monoisotopic (exact) mass is 213 g/mol. The first-order valence-corrected chi connectivity index (χ1v) is 5.52. The van der Waals surface area contributed by atoms with Gasteiger partial charge in [0.1, 0.15) is 0 Å². The van der Waals surface area contributed by atoms with Crippen LogP contribution in [-0.2, 0) is 0 Å². The number of nitrogens with one attached hydrogen (secondary N) is 2. The van der Waals surface area contributed by atoms with Gasteiger partial charge in [-0.1, -0.05) is 25.4 Å². The number of H-pyrrole nitrogens is 1. The maximum Gasteiger partial charge on any atom is 0.0853 e. The lowest BCUT2D eigenvalue weighted by molar-refractivity contribution is 0.727. The summed E-state index contributed by atoms with van der Waals surface area (Å²) in [5.41, 5.74) is 2.11. The highest BCUT2D eigenvalue weighted by molar-refractivity contribution is 6.32. The van der Waals surface area contributed by atoms with Gasteiger partial charge in [0.25, 0.3) is 0 Å². The Balaban J connectivity index is 2.26. The number of aromatic amines is 1. The van der Waals surface area contributed by atoms with Crippen molar-refractivity contribution in [2.24, 2.45) is 0 Å². The van der Waals surface area contributed by atoms with Crippen molar-refractivity contribution in [3.05, 3.63) is 16.4 Å². The number of hydrogen-bond acceptors (Lipinski definition) is 2. The molecule has 0 spiro atoms. The van der Waals surface area contributed by atoms with Crippen LogP contribution < -0.4 is 5.32 Å². The van der Waals surface area contributed by atoms with Gasteiger partial charge < -0.3 is 5.32 Å². The van der Waals surface area contributed by atoms with Crippen molar-refractivity contribution in [1.82, 2.24) is 15.5 Å². The molecule has 78 valence electrons. The molecular weight excluding hydrogens is 198 g/mol. The lowest BCUT2D eigenvalue weighted by Gasteiger charge is -2.06. The van der Waals surface area contributed by atoms with E-state index < -0.39 is 0 Å². The number of hydrogen-bond donors (Lipinski definition) is 2. The highest BCUT2D eigenvalue weighted by atomic mass is 35.5. The third kappa shape index (κ3) is 1.66. The summed E-state index contributed by atoms with van der Waals surface area (Å²) in [7, 11) is 0. The lowest BCUT2D eigenvalue weighted by atomic mass is 10.0. The Bertz CT molecular complexity index is 313. The molecule has 1 aromatic heterocycles. The fourth-order valence-electron chi connectivity index (χ4n) is 1.91. The largest absolute Gasteiger partial charge is 0.316 e. The van der Waals surface area contributed by atoms with Crippen molar-refractivity contribution < 1.29 is 0 Å². The summed E-state index contributed by atoms with van der Waals surface area (Å²) in [4.78, 5) is 0. The minimum absolute atomic E-state index is 0.391. The molecule has 1 atom stereocenters. The second-order valence-corrected chi connectivity index (χ2v) is 4.56. The molecular formula is C10H16ClN3. The van der Waals surface area contributed by atoms with Gasteiger partial charge in [-0.2, -0.15) is 5.10 Å². The van der Waals surface area contributed by atoms with Gasteiger partial charge in [0, 0.05) is 12.5 Å². The second kappa shape index (κ2) is 3.91. The van der Waals surface area contributed by atoms with Crippen LogP contribution in [0.15, 0.2) is 0 Å². The summed E-state index contributed by atoms with van der Waals surface area (Å²) in [5, 5.41) is 11.5. The van der Waals surface area contributed by atoms with Crippen LogP contribution in [-0.4, -0.2) is 23.3 Å². The van der Waals surface area contributed by atoms with Crippen LogP contribution in [0, 0.1) is 0 Å². The number of halogens is 1. The topological polar surface area (TPSA) is 40.7 Å². The first kappa shape index (κ1) is 9.99. The number of rotatable bonds is 2. The zero-order valence-electron chi connectivity index (χ0n) is 8.60. The Morgan fingerprint density at radius 2 is 2.29 bits per heavy atom. The van der Waals surface area contributed by atoms with E-state index in [9.17, 15) is 0 Å². The molecule has 4 heteroatoms. The van der Waals surface area contributed by atoms with Crippen LogP contribution in [0.3, 0.4) is 0 Å². The molecule has 3 nitrogen and oxygen atoms in total. The molecule has 0 bridgehead atoms. The van der Waals surface area contributed by atoms with Crippen LogP contribution in [0.4, 0.5) is 0 Å². The average Bonchev–Trinajstić information content (AvgIpc) is 2.71.